The standard InChI is InChI=1S/C11H20F2N2.C2H6/c1-3-5-15-6-4-10(7-14(2)8-10)11(12,13)9-15;1-2/h3-9H2,1-2H3;1-2H3. The van der Waals surface area contributed by atoms with Crippen molar-refractivity contribution in [3.05, 3.63) is 0 Å². The first kappa shape index (κ1) is 14.8. The Kier molecular flexibility index (Phi) is 4.90. The third-order valence-corrected chi connectivity index (χ3v) is 3.79. The molecule has 102 valence electrons. The molecule has 0 bridgehead atoms. The van der Waals surface area contributed by atoms with Crippen molar-refractivity contribution in [1.29, 1.82) is 0 Å². The Morgan fingerprint density at radius 1 is 1.12 bits per heavy atom. The largest absolute Gasteiger partial charge is 0.305 e. The number of likely N-dealkylation sites (tertiary alicyclic amines) is 2. The van der Waals surface area contributed by atoms with E-state index in [1.807, 2.05) is 37.6 Å². The molecular weight excluding hydrogens is 222 g/mol. The van der Waals surface area contributed by atoms with E-state index in [1.54, 1.807) is 0 Å². The second-order valence-electron chi connectivity index (χ2n) is 5.18. The Hall–Kier alpha value is -0.220. The lowest BCUT2D eigenvalue weighted by atomic mass is 9.69. The first-order chi connectivity index (χ1) is 7.99. The smallest absolute Gasteiger partial charge is 0.268 e. The monoisotopic (exact) mass is 248 g/mol. The molecule has 4 heteroatoms. The van der Waals surface area contributed by atoms with Crippen LogP contribution in [0.5, 0.6) is 0 Å². The van der Waals surface area contributed by atoms with Gasteiger partial charge in [0.25, 0.3) is 5.92 Å². The van der Waals surface area contributed by atoms with E-state index in [1.165, 1.54) is 0 Å². The van der Waals surface area contributed by atoms with Gasteiger partial charge < -0.3 is 4.90 Å². The summed E-state index contributed by atoms with van der Waals surface area (Å²) >= 11 is 0. The van der Waals surface area contributed by atoms with Crippen molar-refractivity contribution in [2.24, 2.45) is 5.41 Å². The van der Waals surface area contributed by atoms with Crippen LogP contribution in [0, 0.1) is 5.41 Å². The SMILES string of the molecule is CC.CCCN1CCC2(CN(C)C2)C(F)(F)C1. The summed E-state index contributed by atoms with van der Waals surface area (Å²) in [5.74, 6) is -2.49. The fourth-order valence-electron chi connectivity index (χ4n) is 2.97. The molecule has 0 aromatic heterocycles. The molecule has 17 heavy (non-hydrogen) atoms. The van der Waals surface area contributed by atoms with Gasteiger partial charge in [-0.1, -0.05) is 20.8 Å². The maximum atomic E-state index is 14.0. The van der Waals surface area contributed by atoms with E-state index >= 15 is 0 Å². The first-order valence-electron chi connectivity index (χ1n) is 6.78. The highest BCUT2D eigenvalue weighted by atomic mass is 19.3. The van der Waals surface area contributed by atoms with E-state index in [-0.39, 0.29) is 6.54 Å². The third-order valence-electron chi connectivity index (χ3n) is 3.79. The molecule has 2 nitrogen and oxygen atoms in total. The van der Waals surface area contributed by atoms with Crippen LogP contribution in [0.4, 0.5) is 8.78 Å². The lowest BCUT2D eigenvalue weighted by Crippen LogP contribution is -2.69. The molecule has 1 spiro atoms. The van der Waals surface area contributed by atoms with Crippen LogP contribution in [0.3, 0.4) is 0 Å². The van der Waals surface area contributed by atoms with Crippen LogP contribution in [0.25, 0.3) is 0 Å². The van der Waals surface area contributed by atoms with Gasteiger partial charge in [0.1, 0.15) is 0 Å². The summed E-state index contributed by atoms with van der Waals surface area (Å²) in [6.07, 6.45) is 1.62. The number of hydrogen-bond donors (Lipinski definition) is 0. The normalized spacial score (nSPS) is 27.2. The van der Waals surface area contributed by atoms with Crippen molar-refractivity contribution in [3.63, 3.8) is 0 Å². The summed E-state index contributed by atoms with van der Waals surface area (Å²) in [4.78, 5) is 3.90. The van der Waals surface area contributed by atoms with Gasteiger partial charge in [-0.3, -0.25) is 4.90 Å². The number of alkyl halides is 2. The predicted octanol–water partition coefficient (Wildman–Crippen LogP) is 2.70. The van der Waals surface area contributed by atoms with Crippen molar-refractivity contribution in [3.8, 4) is 0 Å². The van der Waals surface area contributed by atoms with Crippen molar-refractivity contribution in [2.45, 2.75) is 39.5 Å². The van der Waals surface area contributed by atoms with Crippen LogP contribution in [0.15, 0.2) is 0 Å². The number of rotatable bonds is 2. The van der Waals surface area contributed by atoms with Crippen molar-refractivity contribution in [1.82, 2.24) is 9.80 Å². The summed E-state index contributed by atoms with van der Waals surface area (Å²) in [5, 5.41) is 0. The van der Waals surface area contributed by atoms with Gasteiger partial charge in [-0.2, -0.15) is 0 Å². The molecule has 0 aromatic carbocycles. The van der Waals surface area contributed by atoms with Crippen LogP contribution in [0.2, 0.25) is 0 Å². The molecule has 0 atom stereocenters. The molecule has 0 radical (unpaired) electrons. The van der Waals surface area contributed by atoms with Gasteiger partial charge >= 0.3 is 0 Å². The van der Waals surface area contributed by atoms with Gasteiger partial charge in [-0.15, -0.1) is 0 Å². The quantitative estimate of drug-likeness (QED) is 0.741. The maximum Gasteiger partial charge on any atom is 0.268 e. The molecule has 0 aliphatic carbocycles. The number of nitrogens with zero attached hydrogens (tertiary/aromatic N) is 2. The zero-order valence-corrected chi connectivity index (χ0v) is 11.6. The summed E-state index contributed by atoms with van der Waals surface area (Å²) in [6, 6.07) is 0. The van der Waals surface area contributed by atoms with Gasteiger partial charge in [0.2, 0.25) is 0 Å². The summed E-state index contributed by atoms with van der Waals surface area (Å²) in [5.41, 5.74) is -0.702. The average Bonchev–Trinajstić information content (AvgIpc) is 2.23. The van der Waals surface area contributed by atoms with Gasteiger partial charge in [-0.25, -0.2) is 8.78 Å². The van der Waals surface area contributed by atoms with E-state index in [4.69, 9.17) is 0 Å². The number of hydrogen-bond acceptors (Lipinski definition) is 2. The van der Waals surface area contributed by atoms with Gasteiger partial charge in [0.15, 0.2) is 0 Å². The lowest BCUT2D eigenvalue weighted by Gasteiger charge is -2.56. The average molecular weight is 248 g/mol. The van der Waals surface area contributed by atoms with Crippen molar-refractivity contribution < 1.29 is 8.78 Å². The minimum absolute atomic E-state index is 0.0331. The zero-order valence-electron chi connectivity index (χ0n) is 11.6. The third kappa shape index (κ3) is 2.79. The second-order valence-corrected chi connectivity index (χ2v) is 5.18. The molecular formula is C13H26F2N2. The fraction of sp³-hybridized carbons (Fsp3) is 1.00. The molecule has 2 heterocycles. The Morgan fingerprint density at radius 2 is 1.71 bits per heavy atom. The van der Waals surface area contributed by atoms with E-state index in [2.05, 4.69) is 0 Å². The lowest BCUT2D eigenvalue weighted by molar-refractivity contribution is -0.219. The minimum atomic E-state index is -2.49. The Bertz CT molecular complexity index is 238. The fourth-order valence-corrected chi connectivity index (χ4v) is 2.97. The minimum Gasteiger partial charge on any atom is -0.305 e. The topological polar surface area (TPSA) is 6.48 Å². The van der Waals surface area contributed by atoms with Gasteiger partial charge in [-0.05, 0) is 33.0 Å². The van der Waals surface area contributed by atoms with Gasteiger partial charge in [0.05, 0.1) is 12.0 Å². The molecule has 0 saturated carbocycles. The zero-order chi connectivity index (χ0) is 13.1. The summed E-state index contributed by atoms with van der Waals surface area (Å²) < 4.78 is 28.0. The maximum absolute atomic E-state index is 14.0. The molecule has 2 rings (SSSR count). The predicted molar refractivity (Wildman–Crippen MR) is 67.6 cm³/mol. The molecule has 0 unspecified atom stereocenters. The first-order valence-corrected chi connectivity index (χ1v) is 6.78. The Morgan fingerprint density at radius 3 is 2.12 bits per heavy atom. The van der Waals surface area contributed by atoms with Crippen LogP contribution < -0.4 is 0 Å². The summed E-state index contributed by atoms with van der Waals surface area (Å²) in [6.45, 7) is 8.80. The highest BCUT2D eigenvalue weighted by Crippen LogP contribution is 2.49. The van der Waals surface area contributed by atoms with E-state index in [0.717, 1.165) is 19.5 Å². The second kappa shape index (κ2) is 5.61. The highest BCUT2D eigenvalue weighted by Gasteiger charge is 2.61. The van der Waals surface area contributed by atoms with Crippen LogP contribution in [0.1, 0.15) is 33.6 Å². The molecule has 0 N–H and O–H groups in total. The van der Waals surface area contributed by atoms with Crippen LogP contribution in [-0.4, -0.2) is 55.5 Å². The van der Waals surface area contributed by atoms with E-state index in [0.29, 0.717) is 19.5 Å². The molecule has 2 aliphatic heterocycles. The molecule has 2 fully saturated rings. The summed E-state index contributed by atoms with van der Waals surface area (Å²) in [7, 11) is 1.92. The molecule has 0 amide bonds. The Balaban J connectivity index is 0.000000686. The molecule has 2 saturated heterocycles. The number of piperidine rings is 1. The van der Waals surface area contributed by atoms with E-state index in [9.17, 15) is 8.78 Å². The highest BCUT2D eigenvalue weighted by molar-refractivity contribution is 5.06. The Labute approximate surface area is 104 Å². The van der Waals surface area contributed by atoms with E-state index < -0.39 is 11.3 Å². The van der Waals surface area contributed by atoms with Crippen molar-refractivity contribution >= 4 is 0 Å². The molecule has 0 aromatic rings. The van der Waals surface area contributed by atoms with Crippen molar-refractivity contribution in [2.75, 3.05) is 39.8 Å². The van der Waals surface area contributed by atoms with Gasteiger partial charge in [0, 0.05) is 13.1 Å². The number of halogens is 2. The molecule has 2 aliphatic rings. The van der Waals surface area contributed by atoms with Crippen LogP contribution >= 0.6 is 0 Å². The van der Waals surface area contributed by atoms with Crippen LogP contribution in [-0.2, 0) is 0 Å².